The molecule has 0 aliphatic carbocycles. The highest BCUT2D eigenvalue weighted by atomic mass is 32.2. The first-order chi connectivity index (χ1) is 16.8. The number of ether oxygens (including phenoxy) is 1. The average Bonchev–Trinajstić information content (AvgIpc) is 3.37. The molecule has 35 heavy (non-hydrogen) atoms. The number of carbonyl (C=O) groups excluding carboxylic acids is 1. The minimum Gasteiger partial charge on any atom is -0.497 e. The largest absolute Gasteiger partial charge is 0.497 e. The number of rotatable bonds is 9. The van der Waals surface area contributed by atoms with Crippen LogP contribution in [0.15, 0.2) is 101 Å². The molecule has 0 aliphatic rings. The molecule has 1 amide bonds. The first-order valence-corrected chi connectivity index (χ1v) is 12.0. The summed E-state index contributed by atoms with van der Waals surface area (Å²) in [6.45, 7) is 0.474. The molecule has 0 aliphatic heterocycles. The number of nitrogens with zero attached hydrogens (tertiary/aromatic N) is 1. The lowest BCUT2D eigenvalue weighted by Gasteiger charge is -2.22. The maximum Gasteiger partial charge on any atom is 0.339 e. The molecule has 1 aromatic heterocycles. The summed E-state index contributed by atoms with van der Waals surface area (Å²) in [7, 11) is -2.58. The van der Waals surface area contributed by atoms with Crippen LogP contribution in [0.2, 0.25) is 0 Å². The molecular weight excluding hydrogens is 473 g/mol. The van der Waals surface area contributed by atoms with Crippen LogP contribution in [0.3, 0.4) is 0 Å². The summed E-state index contributed by atoms with van der Waals surface area (Å²) in [6.07, 6.45) is 1.54. The van der Waals surface area contributed by atoms with Crippen molar-refractivity contribution >= 4 is 16.0 Å². The van der Waals surface area contributed by atoms with Gasteiger partial charge in [0.15, 0.2) is 0 Å². The van der Waals surface area contributed by atoms with Crippen molar-refractivity contribution in [1.29, 1.82) is 0 Å². The van der Waals surface area contributed by atoms with E-state index < -0.39 is 15.9 Å². The SMILES string of the molecule is COc1cccc(C(=O)N(Cc2ccc(OS(=O)(=O)c3ccc(F)cc3)cc2)Cc2ccco2)c1. The lowest BCUT2D eigenvalue weighted by Crippen LogP contribution is -2.30. The highest BCUT2D eigenvalue weighted by Gasteiger charge is 2.20. The van der Waals surface area contributed by atoms with Gasteiger partial charge in [-0.3, -0.25) is 4.79 Å². The van der Waals surface area contributed by atoms with Gasteiger partial charge < -0.3 is 18.2 Å². The van der Waals surface area contributed by atoms with E-state index >= 15 is 0 Å². The van der Waals surface area contributed by atoms with Gasteiger partial charge in [-0.15, -0.1) is 0 Å². The van der Waals surface area contributed by atoms with E-state index in [9.17, 15) is 17.6 Å². The zero-order valence-corrected chi connectivity index (χ0v) is 19.6. The number of hydrogen-bond acceptors (Lipinski definition) is 6. The Bertz CT molecular complexity index is 1380. The van der Waals surface area contributed by atoms with Crippen molar-refractivity contribution in [3.63, 3.8) is 0 Å². The van der Waals surface area contributed by atoms with Gasteiger partial charge in [-0.05, 0) is 72.3 Å². The number of methoxy groups -OCH3 is 1. The Morgan fingerprint density at radius 3 is 2.31 bits per heavy atom. The fourth-order valence-corrected chi connectivity index (χ4v) is 4.31. The Hall–Kier alpha value is -4.11. The number of benzene rings is 3. The maximum absolute atomic E-state index is 13.3. The van der Waals surface area contributed by atoms with Gasteiger partial charge in [-0.2, -0.15) is 8.42 Å². The number of carbonyl (C=O) groups is 1. The minimum atomic E-state index is -4.11. The molecular formula is C26H22FNO6S. The topological polar surface area (TPSA) is 86.0 Å². The molecule has 9 heteroatoms. The van der Waals surface area contributed by atoms with Gasteiger partial charge in [0.2, 0.25) is 0 Å². The van der Waals surface area contributed by atoms with Crippen molar-refractivity contribution in [2.45, 2.75) is 18.0 Å². The molecule has 4 aromatic rings. The molecule has 180 valence electrons. The Kier molecular flexibility index (Phi) is 7.17. The Morgan fingerprint density at radius 2 is 1.66 bits per heavy atom. The van der Waals surface area contributed by atoms with Crippen LogP contribution in [0.1, 0.15) is 21.7 Å². The zero-order valence-electron chi connectivity index (χ0n) is 18.8. The Morgan fingerprint density at radius 1 is 0.914 bits per heavy atom. The molecule has 0 saturated heterocycles. The molecule has 0 N–H and O–H groups in total. The lowest BCUT2D eigenvalue weighted by atomic mass is 10.1. The van der Waals surface area contributed by atoms with Crippen LogP contribution in [0.5, 0.6) is 11.5 Å². The zero-order chi connectivity index (χ0) is 24.8. The van der Waals surface area contributed by atoms with Crippen LogP contribution in [-0.4, -0.2) is 26.3 Å². The lowest BCUT2D eigenvalue weighted by molar-refractivity contribution is 0.0717. The van der Waals surface area contributed by atoms with Gasteiger partial charge in [0.05, 0.1) is 19.9 Å². The summed E-state index contributed by atoms with van der Waals surface area (Å²) in [5.41, 5.74) is 1.21. The molecule has 0 unspecified atom stereocenters. The predicted molar refractivity (Wildman–Crippen MR) is 126 cm³/mol. The van der Waals surface area contributed by atoms with Crippen LogP contribution >= 0.6 is 0 Å². The van der Waals surface area contributed by atoms with E-state index in [0.717, 1.165) is 29.8 Å². The van der Waals surface area contributed by atoms with Gasteiger partial charge in [0.1, 0.15) is 28.0 Å². The van der Waals surface area contributed by atoms with Gasteiger partial charge in [0.25, 0.3) is 5.91 Å². The van der Waals surface area contributed by atoms with Crippen molar-refractivity contribution < 1.29 is 30.9 Å². The normalized spacial score (nSPS) is 11.1. The molecule has 0 atom stereocenters. The van der Waals surface area contributed by atoms with Crippen LogP contribution in [0, 0.1) is 5.82 Å². The summed E-state index contributed by atoms with van der Waals surface area (Å²) in [5.74, 6) is 0.509. The third-order valence-electron chi connectivity index (χ3n) is 5.14. The van der Waals surface area contributed by atoms with Crippen molar-refractivity contribution in [3.8, 4) is 11.5 Å². The number of hydrogen-bond donors (Lipinski definition) is 0. The Balaban J connectivity index is 1.52. The molecule has 1 heterocycles. The van der Waals surface area contributed by atoms with E-state index in [0.29, 0.717) is 17.1 Å². The van der Waals surface area contributed by atoms with Crippen LogP contribution in [0.25, 0.3) is 0 Å². The second-order valence-electron chi connectivity index (χ2n) is 7.61. The average molecular weight is 496 g/mol. The van der Waals surface area contributed by atoms with Gasteiger partial charge in [-0.1, -0.05) is 18.2 Å². The van der Waals surface area contributed by atoms with Gasteiger partial charge in [0, 0.05) is 12.1 Å². The molecule has 0 radical (unpaired) electrons. The Labute approximate surface area is 202 Å². The molecule has 0 fully saturated rings. The van der Waals surface area contributed by atoms with Gasteiger partial charge >= 0.3 is 10.1 Å². The second-order valence-corrected chi connectivity index (χ2v) is 9.15. The maximum atomic E-state index is 13.3. The monoisotopic (exact) mass is 495 g/mol. The van der Waals surface area contributed by atoms with Gasteiger partial charge in [-0.25, -0.2) is 4.39 Å². The van der Waals surface area contributed by atoms with E-state index in [2.05, 4.69) is 0 Å². The molecule has 0 saturated carbocycles. The smallest absolute Gasteiger partial charge is 0.339 e. The molecule has 0 bridgehead atoms. The van der Waals surface area contributed by atoms with E-state index in [1.165, 1.54) is 25.5 Å². The quantitative estimate of drug-likeness (QED) is 0.303. The fraction of sp³-hybridized carbons (Fsp3) is 0.115. The summed E-state index contributed by atoms with van der Waals surface area (Å²) in [6, 6.07) is 21.1. The van der Waals surface area contributed by atoms with Crippen molar-refractivity contribution in [1.82, 2.24) is 4.90 Å². The third-order valence-corrected chi connectivity index (χ3v) is 6.40. The third kappa shape index (κ3) is 6.07. The molecule has 7 nitrogen and oxygen atoms in total. The predicted octanol–water partition coefficient (Wildman–Crippen LogP) is 5.04. The first kappa shape index (κ1) is 24.0. The summed E-state index contributed by atoms with van der Waals surface area (Å²) < 4.78 is 53.8. The van der Waals surface area contributed by atoms with Crippen molar-refractivity contribution in [2.24, 2.45) is 0 Å². The number of furan rings is 1. The standard InChI is InChI=1S/C26H22FNO6S/c1-32-23-5-2-4-20(16-23)26(29)28(18-24-6-3-15-33-24)17-19-7-11-22(12-8-19)34-35(30,31)25-13-9-21(27)10-14-25/h2-16H,17-18H2,1H3. The fourth-order valence-electron chi connectivity index (χ4n) is 3.38. The highest BCUT2D eigenvalue weighted by molar-refractivity contribution is 7.87. The van der Waals surface area contributed by atoms with Crippen molar-refractivity contribution in [2.75, 3.05) is 7.11 Å². The first-order valence-electron chi connectivity index (χ1n) is 10.6. The number of halogens is 1. The highest BCUT2D eigenvalue weighted by Crippen LogP contribution is 2.22. The van der Waals surface area contributed by atoms with E-state index in [1.54, 1.807) is 53.4 Å². The molecule has 0 spiro atoms. The van der Waals surface area contributed by atoms with E-state index in [1.807, 2.05) is 0 Å². The summed E-state index contributed by atoms with van der Waals surface area (Å²) >= 11 is 0. The van der Waals surface area contributed by atoms with Crippen LogP contribution in [-0.2, 0) is 23.2 Å². The minimum absolute atomic E-state index is 0.0924. The van der Waals surface area contributed by atoms with Crippen LogP contribution < -0.4 is 8.92 Å². The van der Waals surface area contributed by atoms with Crippen LogP contribution in [0.4, 0.5) is 4.39 Å². The second kappa shape index (κ2) is 10.4. The summed E-state index contributed by atoms with van der Waals surface area (Å²) in [5, 5.41) is 0. The van der Waals surface area contributed by atoms with Crippen molar-refractivity contribution in [3.05, 3.63) is 114 Å². The van der Waals surface area contributed by atoms with E-state index in [4.69, 9.17) is 13.3 Å². The summed E-state index contributed by atoms with van der Waals surface area (Å²) in [4.78, 5) is 14.7. The van der Waals surface area contributed by atoms with E-state index in [-0.39, 0.29) is 29.6 Å². The molecule has 3 aromatic carbocycles. The number of amides is 1. The molecule has 4 rings (SSSR count).